The van der Waals surface area contributed by atoms with Gasteiger partial charge in [-0.3, -0.25) is 14.2 Å². The number of allylic oxidation sites excluding steroid dienone is 30. The molecular formula is C76H122NO8P. The molecule has 0 aliphatic rings. The summed E-state index contributed by atoms with van der Waals surface area (Å²) < 4.78 is 34.2. The van der Waals surface area contributed by atoms with Crippen LogP contribution in [0.1, 0.15) is 232 Å². The van der Waals surface area contributed by atoms with Crippen molar-refractivity contribution < 1.29 is 42.1 Å². The van der Waals surface area contributed by atoms with E-state index in [0.29, 0.717) is 23.9 Å². The van der Waals surface area contributed by atoms with Crippen LogP contribution in [0.4, 0.5) is 0 Å². The Hall–Kier alpha value is -4.89. The minimum atomic E-state index is -4.66. The molecule has 2 unspecified atom stereocenters. The maximum absolute atomic E-state index is 12.9. The van der Waals surface area contributed by atoms with E-state index in [1.54, 1.807) is 0 Å². The monoisotopic (exact) mass is 1210 g/mol. The Morgan fingerprint density at radius 1 is 0.360 bits per heavy atom. The standard InChI is InChI=1S/C76H122NO8P/c1-6-8-10-12-14-16-18-20-22-24-26-28-30-31-32-33-34-35-36-37-38-39-40-41-42-43-44-45-47-49-51-53-55-57-59-61-63-65-67-69-76(79)85-74(73-84-86(80,81)83-71-70-77(3,4)5)72-82-75(78)68-66-64-62-60-58-56-54-52-50-48-46-29-27-25-23-21-19-17-15-13-11-9-7-2/h8-11,14-17,20-23,26-29,31-32,34-35,37-38,40-41,43-44,48,50,54,56,74H,6-7,12-13,18-19,24-25,30,33,36,39,42,45-47,49,51-53,55,57-73H2,1-5H3/b10-8-,11-9-,16-14-,17-15-,22-20-,23-21-,28-26-,29-27-,32-31-,35-34-,38-37-,41-40-,44-43-,50-48-,56-54-. The summed E-state index contributed by atoms with van der Waals surface area (Å²) in [5.74, 6) is -0.878. The number of hydrogen-bond donors (Lipinski definition) is 0. The van der Waals surface area contributed by atoms with E-state index < -0.39 is 32.5 Å². The molecule has 0 aromatic rings. The van der Waals surface area contributed by atoms with Crippen molar-refractivity contribution in [1.29, 1.82) is 0 Å². The summed E-state index contributed by atoms with van der Waals surface area (Å²) in [6, 6.07) is 0. The van der Waals surface area contributed by atoms with Gasteiger partial charge in [0.15, 0.2) is 6.10 Å². The Balaban J connectivity index is 4.16. The largest absolute Gasteiger partial charge is 0.756 e. The molecule has 0 radical (unpaired) electrons. The highest BCUT2D eigenvalue weighted by molar-refractivity contribution is 7.45. The number of nitrogens with zero attached hydrogens (tertiary/aromatic N) is 1. The van der Waals surface area contributed by atoms with E-state index in [1.807, 2.05) is 21.1 Å². The Labute approximate surface area is 527 Å². The van der Waals surface area contributed by atoms with Gasteiger partial charge in [-0.2, -0.15) is 0 Å². The van der Waals surface area contributed by atoms with E-state index in [1.165, 1.54) is 44.9 Å². The molecule has 0 heterocycles. The average molecular weight is 1210 g/mol. The highest BCUT2D eigenvalue weighted by atomic mass is 31.2. The van der Waals surface area contributed by atoms with Crippen molar-refractivity contribution >= 4 is 19.8 Å². The molecule has 0 N–H and O–H groups in total. The van der Waals surface area contributed by atoms with Crippen LogP contribution in [0.5, 0.6) is 0 Å². The highest BCUT2D eigenvalue weighted by Crippen LogP contribution is 2.38. The fraction of sp³-hybridized carbons (Fsp3) is 0.579. The van der Waals surface area contributed by atoms with Gasteiger partial charge in [0, 0.05) is 12.8 Å². The molecule has 0 saturated heterocycles. The zero-order chi connectivity index (χ0) is 62.6. The Morgan fingerprint density at radius 2 is 0.628 bits per heavy atom. The van der Waals surface area contributed by atoms with Gasteiger partial charge in [0.1, 0.15) is 19.8 Å². The lowest BCUT2D eigenvalue weighted by atomic mass is 10.0. The van der Waals surface area contributed by atoms with Gasteiger partial charge in [-0.05, 0) is 135 Å². The summed E-state index contributed by atoms with van der Waals surface area (Å²) in [7, 11) is 1.12. The number of likely N-dealkylation sites (N-methyl/N-ethyl adjacent to an activating group) is 1. The number of carbonyl (C=O) groups excluding carboxylic acids is 2. The number of esters is 2. The van der Waals surface area contributed by atoms with Crippen LogP contribution in [0.15, 0.2) is 182 Å². The molecule has 0 fully saturated rings. The zero-order valence-electron chi connectivity index (χ0n) is 54.9. The predicted molar refractivity (Wildman–Crippen MR) is 369 cm³/mol. The quantitative estimate of drug-likeness (QED) is 0.0195. The molecule has 2 atom stereocenters. The summed E-state index contributed by atoms with van der Waals surface area (Å²) >= 11 is 0. The van der Waals surface area contributed by atoms with E-state index in [2.05, 4.69) is 196 Å². The number of hydrogen-bond acceptors (Lipinski definition) is 8. The summed E-state index contributed by atoms with van der Waals surface area (Å²) in [4.78, 5) is 38.0. The normalized spacial score (nSPS) is 14.3. The van der Waals surface area contributed by atoms with Crippen LogP contribution in [0, 0.1) is 0 Å². The van der Waals surface area contributed by atoms with Crippen LogP contribution < -0.4 is 4.89 Å². The molecule has 9 nitrogen and oxygen atoms in total. The van der Waals surface area contributed by atoms with Crippen molar-refractivity contribution in [1.82, 2.24) is 0 Å². The van der Waals surface area contributed by atoms with E-state index in [4.69, 9.17) is 18.5 Å². The molecule has 0 bridgehead atoms. The number of ether oxygens (including phenoxy) is 2. The Morgan fingerprint density at radius 3 is 0.930 bits per heavy atom. The number of phosphoric ester groups is 1. The summed E-state index contributed by atoms with van der Waals surface area (Å²) in [6.45, 7) is 3.96. The highest BCUT2D eigenvalue weighted by Gasteiger charge is 2.22. The molecule has 0 rings (SSSR count). The fourth-order valence-electron chi connectivity index (χ4n) is 8.36. The molecule has 484 valence electrons. The number of rotatable bonds is 59. The maximum atomic E-state index is 12.9. The molecule has 0 aromatic carbocycles. The van der Waals surface area contributed by atoms with Crippen LogP contribution in [0.3, 0.4) is 0 Å². The second kappa shape index (κ2) is 64.6. The van der Waals surface area contributed by atoms with Crippen molar-refractivity contribution in [2.45, 2.75) is 238 Å². The number of unbranched alkanes of at least 4 members (excludes halogenated alkanes) is 15. The van der Waals surface area contributed by atoms with E-state index >= 15 is 0 Å². The lowest BCUT2D eigenvalue weighted by Gasteiger charge is -2.28. The first kappa shape index (κ1) is 81.1. The van der Waals surface area contributed by atoms with Gasteiger partial charge in [-0.25, -0.2) is 0 Å². The molecule has 86 heavy (non-hydrogen) atoms. The number of quaternary nitrogens is 1. The van der Waals surface area contributed by atoms with Crippen LogP contribution in [0.25, 0.3) is 0 Å². The zero-order valence-corrected chi connectivity index (χ0v) is 55.8. The minimum absolute atomic E-state index is 0.0457. The number of phosphoric acid groups is 1. The van der Waals surface area contributed by atoms with Gasteiger partial charge in [0.2, 0.25) is 0 Å². The fourth-order valence-corrected chi connectivity index (χ4v) is 9.09. The topological polar surface area (TPSA) is 111 Å². The summed E-state index contributed by atoms with van der Waals surface area (Å²) in [6.07, 6.45) is 99.6. The maximum Gasteiger partial charge on any atom is 0.306 e. The third kappa shape index (κ3) is 68.2. The second-order valence-corrected chi connectivity index (χ2v) is 24.1. The van der Waals surface area contributed by atoms with Crippen LogP contribution in [-0.4, -0.2) is 70.0 Å². The SMILES string of the molecule is CC/C=C\C/C=C\C/C=C\C/C=C\C/C=C\C/C=C\C/C=C\C/C=C\C/C=C\CCCCCCCCCCCCCC(=O)OC(COC(=O)CCCCCC/C=C\C/C=C\C/C=C\C/C=C\C/C=C\C/C=C\CC)COP(=O)([O-])OCC[N+](C)(C)C. The lowest BCUT2D eigenvalue weighted by Crippen LogP contribution is -2.37. The molecule has 0 aromatic heterocycles. The molecule has 0 aliphatic heterocycles. The van der Waals surface area contributed by atoms with Gasteiger partial charge in [0.25, 0.3) is 7.82 Å². The van der Waals surface area contributed by atoms with Gasteiger partial charge in [-0.1, -0.05) is 267 Å². The predicted octanol–water partition coefficient (Wildman–Crippen LogP) is 21.3. The first-order valence-corrected chi connectivity index (χ1v) is 35.0. The van der Waals surface area contributed by atoms with E-state index in [0.717, 1.165) is 148 Å². The smallest absolute Gasteiger partial charge is 0.306 e. The van der Waals surface area contributed by atoms with Crippen molar-refractivity contribution in [3.05, 3.63) is 182 Å². The molecule has 0 spiro atoms. The molecular weight excluding hydrogens is 1090 g/mol. The van der Waals surface area contributed by atoms with Crippen LogP contribution in [0.2, 0.25) is 0 Å². The summed E-state index contributed by atoms with van der Waals surface area (Å²) in [5, 5.41) is 0. The first-order valence-electron chi connectivity index (χ1n) is 33.5. The van der Waals surface area contributed by atoms with Crippen molar-refractivity contribution in [2.24, 2.45) is 0 Å². The van der Waals surface area contributed by atoms with Gasteiger partial charge in [-0.15, -0.1) is 0 Å². The van der Waals surface area contributed by atoms with Crippen molar-refractivity contribution in [3.8, 4) is 0 Å². The third-order valence-corrected chi connectivity index (χ3v) is 14.4. The molecule has 0 saturated carbocycles. The van der Waals surface area contributed by atoms with E-state index in [9.17, 15) is 19.0 Å². The summed E-state index contributed by atoms with van der Waals surface area (Å²) in [5.41, 5.74) is 0. The molecule has 0 amide bonds. The lowest BCUT2D eigenvalue weighted by molar-refractivity contribution is -0.870. The minimum Gasteiger partial charge on any atom is -0.756 e. The Bertz CT molecular complexity index is 2100. The van der Waals surface area contributed by atoms with Crippen LogP contribution >= 0.6 is 7.82 Å². The third-order valence-electron chi connectivity index (χ3n) is 13.4. The molecule has 10 heteroatoms. The second-order valence-electron chi connectivity index (χ2n) is 22.7. The first-order chi connectivity index (χ1) is 42.0. The van der Waals surface area contributed by atoms with Crippen molar-refractivity contribution in [2.75, 3.05) is 47.5 Å². The van der Waals surface area contributed by atoms with Gasteiger partial charge in [0.05, 0.1) is 27.7 Å². The Kier molecular flexibility index (Phi) is 60.9. The van der Waals surface area contributed by atoms with E-state index in [-0.39, 0.29) is 26.1 Å². The molecule has 0 aliphatic carbocycles. The van der Waals surface area contributed by atoms with Crippen molar-refractivity contribution in [3.63, 3.8) is 0 Å². The average Bonchev–Trinajstić information content (AvgIpc) is 3.56. The van der Waals surface area contributed by atoms with Crippen LogP contribution in [-0.2, 0) is 32.7 Å². The number of carbonyl (C=O) groups is 2. The van der Waals surface area contributed by atoms with Gasteiger partial charge >= 0.3 is 11.9 Å². The van der Waals surface area contributed by atoms with Gasteiger partial charge < -0.3 is 27.9 Å².